The summed E-state index contributed by atoms with van der Waals surface area (Å²) in [5.74, 6) is 0. The Kier molecular flexibility index (Phi) is 5.03. The van der Waals surface area contributed by atoms with Gasteiger partial charge in [-0.2, -0.15) is 18.4 Å². The van der Waals surface area contributed by atoms with Crippen LogP contribution in [0.1, 0.15) is 36.0 Å². The molecule has 0 fully saturated rings. The Morgan fingerprint density at radius 1 is 1.12 bits per heavy atom. The van der Waals surface area contributed by atoms with Gasteiger partial charge in [0.2, 0.25) is 0 Å². The smallest absolute Gasteiger partial charge is 0.258 e. The first-order chi connectivity index (χ1) is 12.4. The summed E-state index contributed by atoms with van der Waals surface area (Å²) >= 11 is 0. The molecule has 136 valence electrons. The minimum absolute atomic E-state index is 0.180. The molecule has 0 atom stereocenters. The van der Waals surface area contributed by atoms with Gasteiger partial charge in [-0.05, 0) is 44.2 Å². The highest BCUT2D eigenvalue weighted by Crippen LogP contribution is 2.23. The first-order valence-electron chi connectivity index (χ1n) is 8.30. The molecular formula is C18H19N3O4S. The van der Waals surface area contributed by atoms with Crippen LogP contribution in [0.15, 0.2) is 52.5 Å². The van der Waals surface area contributed by atoms with Crippen molar-refractivity contribution in [2.45, 2.75) is 37.5 Å². The molecule has 8 heteroatoms. The van der Waals surface area contributed by atoms with Crippen LogP contribution in [-0.4, -0.2) is 19.1 Å². The SMILES string of the molecule is Cc1ccc(S(=O)(=O)NN=C2CCCCc3ccccc32)cc1[N+](=O)[O-]. The number of hydrazone groups is 1. The normalized spacial score (nSPS) is 16.0. The fraction of sp³-hybridized carbons (Fsp3) is 0.278. The van der Waals surface area contributed by atoms with E-state index >= 15 is 0 Å². The Bertz CT molecular complexity index is 984. The number of hydrogen-bond donors (Lipinski definition) is 1. The van der Waals surface area contributed by atoms with E-state index in [0.717, 1.165) is 36.5 Å². The van der Waals surface area contributed by atoms with Crippen LogP contribution in [0.2, 0.25) is 0 Å². The largest absolute Gasteiger partial charge is 0.276 e. The summed E-state index contributed by atoms with van der Waals surface area (Å²) in [4.78, 5) is 12.5. The molecule has 1 N–H and O–H groups in total. The van der Waals surface area contributed by atoms with E-state index in [2.05, 4.69) is 9.93 Å². The Labute approximate surface area is 152 Å². The van der Waals surface area contributed by atoms with Gasteiger partial charge >= 0.3 is 0 Å². The fourth-order valence-corrected chi connectivity index (χ4v) is 3.85. The third-order valence-corrected chi connectivity index (χ3v) is 5.63. The van der Waals surface area contributed by atoms with Crippen LogP contribution in [0.4, 0.5) is 5.69 Å². The molecule has 0 radical (unpaired) electrons. The maximum Gasteiger partial charge on any atom is 0.276 e. The highest BCUT2D eigenvalue weighted by Gasteiger charge is 2.20. The van der Waals surface area contributed by atoms with E-state index < -0.39 is 14.9 Å². The van der Waals surface area contributed by atoms with Crippen molar-refractivity contribution in [2.24, 2.45) is 5.10 Å². The molecule has 0 saturated carbocycles. The lowest BCUT2D eigenvalue weighted by Crippen LogP contribution is -2.21. The van der Waals surface area contributed by atoms with Gasteiger partial charge in [0, 0.05) is 17.2 Å². The molecule has 1 aliphatic carbocycles. The van der Waals surface area contributed by atoms with Crippen LogP contribution < -0.4 is 4.83 Å². The summed E-state index contributed by atoms with van der Waals surface area (Å²) in [6, 6.07) is 11.6. The highest BCUT2D eigenvalue weighted by atomic mass is 32.2. The highest BCUT2D eigenvalue weighted by molar-refractivity contribution is 7.89. The number of fused-ring (bicyclic) bond motifs is 1. The molecule has 0 bridgehead atoms. The number of nitro groups is 1. The molecule has 3 rings (SSSR count). The van der Waals surface area contributed by atoms with E-state index in [1.54, 1.807) is 6.92 Å². The van der Waals surface area contributed by atoms with Crippen molar-refractivity contribution in [1.29, 1.82) is 0 Å². The van der Waals surface area contributed by atoms with Gasteiger partial charge in [-0.1, -0.05) is 30.3 Å². The van der Waals surface area contributed by atoms with E-state index in [1.807, 2.05) is 24.3 Å². The molecule has 2 aromatic rings. The Morgan fingerprint density at radius 3 is 2.62 bits per heavy atom. The van der Waals surface area contributed by atoms with Gasteiger partial charge in [0.1, 0.15) is 0 Å². The number of nitrogens with zero attached hydrogens (tertiary/aromatic N) is 2. The van der Waals surface area contributed by atoms with Crippen molar-refractivity contribution in [3.05, 3.63) is 69.3 Å². The maximum absolute atomic E-state index is 12.5. The van der Waals surface area contributed by atoms with Gasteiger partial charge < -0.3 is 0 Å². The standard InChI is InChI=1S/C18H19N3O4S/c1-13-10-11-15(12-18(13)21(22)23)26(24,25)20-19-17-9-5-3-7-14-6-2-4-8-16(14)17/h2,4,6,8,10-12,20H,3,5,7,9H2,1H3. The summed E-state index contributed by atoms with van der Waals surface area (Å²) in [5.41, 5.74) is 2.94. The quantitative estimate of drug-likeness (QED) is 0.504. The summed E-state index contributed by atoms with van der Waals surface area (Å²) in [6.07, 6.45) is 3.55. The molecular weight excluding hydrogens is 354 g/mol. The summed E-state index contributed by atoms with van der Waals surface area (Å²) < 4.78 is 25.0. The summed E-state index contributed by atoms with van der Waals surface area (Å²) in [5, 5.41) is 15.2. The molecule has 0 heterocycles. The van der Waals surface area contributed by atoms with Crippen LogP contribution in [-0.2, 0) is 16.4 Å². The Hall–Kier alpha value is -2.74. The zero-order valence-electron chi connectivity index (χ0n) is 14.3. The molecule has 0 unspecified atom stereocenters. The van der Waals surface area contributed by atoms with Gasteiger partial charge in [-0.25, -0.2) is 0 Å². The minimum Gasteiger partial charge on any atom is -0.258 e. The van der Waals surface area contributed by atoms with Crippen molar-refractivity contribution in [3.63, 3.8) is 0 Å². The predicted molar refractivity (Wildman–Crippen MR) is 98.7 cm³/mol. The second-order valence-corrected chi connectivity index (χ2v) is 7.88. The van der Waals surface area contributed by atoms with Crippen LogP contribution in [0, 0.1) is 17.0 Å². The van der Waals surface area contributed by atoms with Gasteiger partial charge in [0.05, 0.1) is 15.5 Å². The minimum atomic E-state index is -3.99. The van der Waals surface area contributed by atoms with Crippen LogP contribution in [0.3, 0.4) is 0 Å². The van der Waals surface area contributed by atoms with Crippen molar-refractivity contribution >= 4 is 21.4 Å². The van der Waals surface area contributed by atoms with Crippen molar-refractivity contribution in [2.75, 3.05) is 0 Å². The van der Waals surface area contributed by atoms with E-state index in [9.17, 15) is 18.5 Å². The molecule has 7 nitrogen and oxygen atoms in total. The van der Waals surface area contributed by atoms with Gasteiger partial charge in [-0.3, -0.25) is 10.1 Å². The topological polar surface area (TPSA) is 102 Å². The fourth-order valence-electron chi connectivity index (χ4n) is 3.00. The van der Waals surface area contributed by atoms with Crippen molar-refractivity contribution in [3.8, 4) is 0 Å². The third kappa shape index (κ3) is 3.75. The average Bonchev–Trinajstić information content (AvgIpc) is 2.82. The first kappa shape index (κ1) is 18.1. The van der Waals surface area contributed by atoms with Crippen LogP contribution in [0.5, 0.6) is 0 Å². The first-order valence-corrected chi connectivity index (χ1v) is 9.78. The van der Waals surface area contributed by atoms with Crippen LogP contribution in [0.25, 0.3) is 0 Å². The molecule has 0 saturated heterocycles. The second kappa shape index (κ2) is 7.25. The molecule has 1 aliphatic rings. The van der Waals surface area contributed by atoms with Gasteiger partial charge in [0.25, 0.3) is 15.7 Å². The van der Waals surface area contributed by atoms with Crippen molar-refractivity contribution < 1.29 is 13.3 Å². The third-order valence-electron chi connectivity index (χ3n) is 4.43. The molecule has 0 spiro atoms. The lowest BCUT2D eigenvalue weighted by Gasteiger charge is -2.09. The lowest BCUT2D eigenvalue weighted by atomic mass is 10.0. The van der Waals surface area contributed by atoms with E-state index in [-0.39, 0.29) is 10.6 Å². The number of sulfonamides is 1. The number of hydrogen-bond acceptors (Lipinski definition) is 5. The monoisotopic (exact) mass is 373 g/mol. The van der Waals surface area contributed by atoms with Gasteiger partial charge in [-0.15, -0.1) is 0 Å². The van der Waals surface area contributed by atoms with E-state index in [4.69, 9.17) is 0 Å². The molecule has 0 aliphatic heterocycles. The van der Waals surface area contributed by atoms with E-state index in [1.165, 1.54) is 12.1 Å². The average molecular weight is 373 g/mol. The Balaban J connectivity index is 1.92. The second-order valence-electron chi connectivity index (χ2n) is 6.22. The van der Waals surface area contributed by atoms with Gasteiger partial charge in [0.15, 0.2) is 0 Å². The number of aryl methyl sites for hydroxylation is 2. The molecule has 0 aromatic heterocycles. The number of benzene rings is 2. The predicted octanol–water partition coefficient (Wildman–Crippen LogP) is 3.31. The number of rotatable bonds is 4. The van der Waals surface area contributed by atoms with E-state index in [0.29, 0.717) is 17.7 Å². The van der Waals surface area contributed by atoms with Crippen molar-refractivity contribution in [1.82, 2.24) is 4.83 Å². The number of nitrogens with one attached hydrogen (secondary N) is 1. The summed E-state index contributed by atoms with van der Waals surface area (Å²) in [7, 11) is -3.99. The molecule has 2 aromatic carbocycles. The lowest BCUT2D eigenvalue weighted by molar-refractivity contribution is -0.385. The van der Waals surface area contributed by atoms with Crippen LogP contribution >= 0.6 is 0 Å². The Morgan fingerprint density at radius 2 is 1.85 bits per heavy atom. The number of nitro benzene ring substituents is 1. The molecule has 0 amide bonds. The zero-order chi connectivity index (χ0) is 18.7. The zero-order valence-corrected chi connectivity index (χ0v) is 15.1. The maximum atomic E-state index is 12.5. The summed E-state index contributed by atoms with van der Waals surface area (Å²) in [6.45, 7) is 1.56. The molecule has 26 heavy (non-hydrogen) atoms.